The van der Waals surface area contributed by atoms with Gasteiger partial charge in [0.25, 0.3) is 5.91 Å². The monoisotopic (exact) mass is 404 g/mol. The Hall–Kier alpha value is -1.88. The van der Waals surface area contributed by atoms with Gasteiger partial charge in [0.2, 0.25) is 0 Å². The second-order valence-corrected chi connectivity index (χ2v) is 7.75. The average Bonchev–Trinajstić information content (AvgIpc) is 3.09. The molecule has 1 amide bonds. The van der Waals surface area contributed by atoms with E-state index in [1.165, 1.54) is 16.9 Å². The van der Waals surface area contributed by atoms with E-state index in [-0.39, 0.29) is 5.91 Å². The zero-order valence-electron chi connectivity index (χ0n) is 14.4. The van der Waals surface area contributed by atoms with Gasteiger partial charge in [0, 0.05) is 16.0 Å². The summed E-state index contributed by atoms with van der Waals surface area (Å²) < 4.78 is 0. The number of carbonyl (C=O) groups excluding carboxylic acids is 1. The molecule has 0 bridgehead atoms. The van der Waals surface area contributed by atoms with Crippen molar-refractivity contribution < 1.29 is 4.79 Å². The number of nitrogens with one attached hydrogen (secondary N) is 1. The first-order valence-electron chi connectivity index (χ1n) is 8.30. The Labute approximate surface area is 167 Å². The Morgan fingerprint density at radius 2 is 1.92 bits per heavy atom. The maximum absolute atomic E-state index is 12.4. The number of aromatic nitrogens is 1. The number of hydrogen-bond acceptors (Lipinski definition) is 3. The molecule has 2 aromatic carbocycles. The normalized spacial score (nSPS) is 12.0. The highest BCUT2D eigenvalue weighted by Gasteiger charge is 2.13. The molecule has 0 aliphatic rings. The number of halogens is 2. The van der Waals surface area contributed by atoms with Crippen molar-refractivity contribution in [3.8, 4) is 11.3 Å². The Morgan fingerprint density at radius 1 is 1.19 bits per heavy atom. The molecule has 26 heavy (non-hydrogen) atoms. The van der Waals surface area contributed by atoms with Crippen molar-refractivity contribution in [3.05, 3.63) is 69.0 Å². The van der Waals surface area contributed by atoms with Crippen LogP contribution in [0.3, 0.4) is 0 Å². The molecule has 1 aromatic heterocycles. The molecule has 1 N–H and O–H groups in total. The van der Waals surface area contributed by atoms with Crippen LogP contribution in [0.25, 0.3) is 11.3 Å². The van der Waals surface area contributed by atoms with Crippen LogP contribution in [0.15, 0.2) is 47.8 Å². The molecule has 0 fully saturated rings. The Balaban J connectivity index is 1.74. The number of amides is 1. The topological polar surface area (TPSA) is 42.0 Å². The molecule has 3 nitrogen and oxygen atoms in total. The van der Waals surface area contributed by atoms with E-state index < -0.39 is 0 Å². The summed E-state index contributed by atoms with van der Waals surface area (Å²) in [7, 11) is 0. The van der Waals surface area contributed by atoms with Crippen LogP contribution in [0, 0.1) is 0 Å². The first-order valence-corrected chi connectivity index (χ1v) is 9.93. The third-order valence-electron chi connectivity index (χ3n) is 4.29. The number of thiazole rings is 1. The number of nitrogens with zero attached hydrogens (tertiary/aromatic N) is 1. The van der Waals surface area contributed by atoms with Gasteiger partial charge in [-0.25, -0.2) is 4.98 Å². The third-order valence-corrected chi connectivity index (χ3v) is 5.59. The lowest BCUT2D eigenvalue weighted by Crippen LogP contribution is -2.12. The Kier molecular flexibility index (Phi) is 5.97. The molecular weight excluding hydrogens is 387 g/mol. The van der Waals surface area contributed by atoms with Crippen molar-refractivity contribution in [2.75, 3.05) is 5.32 Å². The van der Waals surface area contributed by atoms with Gasteiger partial charge >= 0.3 is 0 Å². The summed E-state index contributed by atoms with van der Waals surface area (Å²) in [6, 6.07) is 13.2. The largest absolute Gasteiger partial charge is 0.298 e. The second kappa shape index (κ2) is 8.21. The molecule has 134 valence electrons. The average molecular weight is 405 g/mol. The van der Waals surface area contributed by atoms with E-state index in [2.05, 4.69) is 48.4 Å². The Morgan fingerprint density at radius 3 is 2.58 bits per heavy atom. The standard InChI is InChI=1S/C20H18Cl2N2OS/c1-3-12(2)13-4-6-14(7-5-13)18-11-26-20(23-18)24-19(25)16-9-8-15(21)10-17(16)22/h4-12H,3H2,1-2H3,(H,23,24,25). The van der Waals surface area contributed by atoms with Gasteiger partial charge in [-0.3, -0.25) is 10.1 Å². The molecule has 1 atom stereocenters. The quantitative estimate of drug-likeness (QED) is 0.503. The fraction of sp³-hybridized carbons (Fsp3) is 0.200. The van der Waals surface area contributed by atoms with E-state index in [1.807, 2.05) is 5.38 Å². The lowest BCUT2D eigenvalue weighted by molar-refractivity contribution is 0.102. The molecule has 0 spiro atoms. The van der Waals surface area contributed by atoms with Gasteiger partial charge in [-0.15, -0.1) is 11.3 Å². The highest BCUT2D eigenvalue weighted by Crippen LogP contribution is 2.28. The van der Waals surface area contributed by atoms with Crippen molar-refractivity contribution in [3.63, 3.8) is 0 Å². The van der Waals surface area contributed by atoms with Gasteiger partial charge in [-0.05, 0) is 36.1 Å². The Bertz CT molecular complexity index is 922. The number of anilines is 1. The molecule has 6 heteroatoms. The van der Waals surface area contributed by atoms with E-state index in [0.717, 1.165) is 17.7 Å². The van der Waals surface area contributed by atoms with Crippen LogP contribution in [0.4, 0.5) is 5.13 Å². The summed E-state index contributed by atoms with van der Waals surface area (Å²) in [4.78, 5) is 16.9. The molecule has 0 radical (unpaired) electrons. The number of hydrogen-bond donors (Lipinski definition) is 1. The van der Waals surface area contributed by atoms with Crippen LogP contribution in [0.1, 0.15) is 42.1 Å². The molecular formula is C20H18Cl2N2OS. The fourth-order valence-corrected chi connectivity index (χ4v) is 3.73. The molecule has 1 unspecified atom stereocenters. The van der Waals surface area contributed by atoms with Crippen molar-refractivity contribution in [2.45, 2.75) is 26.2 Å². The highest BCUT2D eigenvalue weighted by molar-refractivity contribution is 7.14. The van der Waals surface area contributed by atoms with Crippen molar-refractivity contribution in [1.82, 2.24) is 4.98 Å². The maximum atomic E-state index is 12.4. The predicted molar refractivity (Wildman–Crippen MR) is 111 cm³/mol. The highest BCUT2D eigenvalue weighted by atomic mass is 35.5. The van der Waals surface area contributed by atoms with Crippen molar-refractivity contribution in [2.24, 2.45) is 0 Å². The second-order valence-electron chi connectivity index (χ2n) is 6.05. The van der Waals surface area contributed by atoms with Gasteiger partial charge in [0.05, 0.1) is 16.3 Å². The van der Waals surface area contributed by atoms with Gasteiger partial charge in [-0.1, -0.05) is 61.3 Å². The summed E-state index contributed by atoms with van der Waals surface area (Å²) in [6.07, 6.45) is 1.11. The number of carbonyl (C=O) groups is 1. The minimum absolute atomic E-state index is 0.306. The minimum Gasteiger partial charge on any atom is -0.298 e. The van der Waals surface area contributed by atoms with E-state index in [4.69, 9.17) is 23.2 Å². The molecule has 0 aliphatic carbocycles. The third kappa shape index (κ3) is 4.26. The van der Waals surface area contributed by atoms with Crippen LogP contribution < -0.4 is 5.32 Å². The van der Waals surface area contributed by atoms with E-state index in [0.29, 0.717) is 26.7 Å². The molecule has 0 saturated carbocycles. The van der Waals surface area contributed by atoms with Gasteiger partial charge in [-0.2, -0.15) is 0 Å². The summed E-state index contributed by atoms with van der Waals surface area (Å²) in [5, 5.41) is 6.05. The summed E-state index contributed by atoms with van der Waals surface area (Å²) >= 11 is 13.3. The van der Waals surface area contributed by atoms with Crippen LogP contribution in [-0.4, -0.2) is 10.9 Å². The molecule has 3 aromatic rings. The van der Waals surface area contributed by atoms with Crippen molar-refractivity contribution >= 4 is 45.6 Å². The maximum Gasteiger partial charge on any atom is 0.258 e. The lowest BCUT2D eigenvalue weighted by Gasteiger charge is -2.09. The number of rotatable bonds is 5. The molecule has 3 rings (SSSR count). The lowest BCUT2D eigenvalue weighted by atomic mass is 9.97. The van der Waals surface area contributed by atoms with E-state index in [1.54, 1.807) is 18.2 Å². The molecule has 0 saturated heterocycles. The first-order chi connectivity index (χ1) is 12.5. The zero-order chi connectivity index (χ0) is 18.7. The van der Waals surface area contributed by atoms with Gasteiger partial charge < -0.3 is 0 Å². The predicted octanol–water partition coefficient (Wildman–Crippen LogP) is 6.88. The molecule has 1 heterocycles. The SMILES string of the molecule is CCC(C)c1ccc(-c2csc(NC(=O)c3ccc(Cl)cc3Cl)n2)cc1. The zero-order valence-corrected chi connectivity index (χ0v) is 16.8. The van der Waals surface area contributed by atoms with Crippen LogP contribution in [-0.2, 0) is 0 Å². The van der Waals surface area contributed by atoms with E-state index >= 15 is 0 Å². The van der Waals surface area contributed by atoms with Crippen LogP contribution in [0.2, 0.25) is 10.0 Å². The first kappa shape index (κ1) is 18.9. The smallest absolute Gasteiger partial charge is 0.258 e. The van der Waals surface area contributed by atoms with Gasteiger partial charge in [0.1, 0.15) is 0 Å². The van der Waals surface area contributed by atoms with Gasteiger partial charge in [0.15, 0.2) is 5.13 Å². The molecule has 0 aliphatic heterocycles. The summed E-state index contributed by atoms with van der Waals surface area (Å²) in [6.45, 7) is 4.40. The van der Waals surface area contributed by atoms with Crippen LogP contribution >= 0.6 is 34.5 Å². The van der Waals surface area contributed by atoms with Crippen LogP contribution in [0.5, 0.6) is 0 Å². The number of benzene rings is 2. The minimum atomic E-state index is -0.306. The van der Waals surface area contributed by atoms with Crippen molar-refractivity contribution in [1.29, 1.82) is 0 Å². The summed E-state index contributed by atoms with van der Waals surface area (Å²) in [5.74, 6) is 0.234. The summed E-state index contributed by atoms with van der Waals surface area (Å²) in [5.41, 5.74) is 3.55. The fourth-order valence-electron chi connectivity index (χ4n) is 2.52. The van der Waals surface area contributed by atoms with E-state index in [9.17, 15) is 4.79 Å².